The van der Waals surface area contributed by atoms with Gasteiger partial charge in [-0.25, -0.2) is 0 Å². The van der Waals surface area contributed by atoms with Crippen LogP contribution >= 0.6 is 0 Å². The van der Waals surface area contributed by atoms with E-state index in [-0.39, 0.29) is 35.9 Å². The van der Waals surface area contributed by atoms with Crippen LogP contribution in [0.5, 0.6) is 5.75 Å². The molecule has 4 rings (SSSR count). The van der Waals surface area contributed by atoms with Crippen LogP contribution in [0.25, 0.3) is 0 Å². The topological polar surface area (TPSA) is 73.9 Å². The number of nitrogens with one attached hydrogen (secondary N) is 1. The van der Waals surface area contributed by atoms with Crippen molar-refractivity contribution in [2.75, 3.05) is 13.2 Å². The van der Waals surface area contributed by atoms with Gasteiger partial charge in [0.1, 0.15) is 17.0 Å². The monoisotopic (exact) mass is 373 g/mol. The molecule has 146 valence electrons. The summed E-state index contributed by atoms with van der Waals surface area (Å²) >= 11 is 0. The highest BCUT2D eigenvalue weighted by atomic mass is 16.6. The molecule has 6 heteroatoms. The number of esters is 1. The van der Waals surface area contributed by atoms with Crippen molar-refractivity contribution < 1.29 is 23.8 Å². The molecule has 1 aromatic carbocycles. The summed E-state index contributed by atoms with van der Waals surface area (Å²) in [5.41, 5.74) is 0.218. The maximum atomic E-state index is 12.7. The van der Waals surface area contributed by atoms with Crippen LogP contribution in [0.1, 0.15) is 57.6 Å². The maximum absolute atomic E-state index is 12.7. The number of hydrogen-bond donors (Lipinski definition) is 1. The summed E-state index contributed by atoms with van der Waals surface area (Å²) in [7, 11) is 0. The van der Waals surface area contributed by atoms with E-state index in [0.29, 0.717) is 19.6 Å². The van der Waals surface area contributed by atoms with E-state index >= 15 is 0 Å². The zero-order valence-electron chi connectivity index (χ0n) is 16.0. The number of cyclic esters (lactones) is 1. The molecule has 2 saturated heterocycles. The van der Waals surface area contributed by atoms with E-state index in [1.807, 2.05) is 38.1 Å². The molecular formula is C21H27NO5. The molecule has 1 spiro atoms. The van der Waals surface area contributed by atoms with Gasteiger partial charge in [0.05, 0.1) is 25.2 Å². The van der Waals surface area contributed by atoms with Gasteiger partial charge in [0.15, 0.2) is 0 Å². The molecule has 0 aliphatic carbocycles. The van der Waals surface area contributed by atoms with Crippen LogP contribution in [0.4, 0.5) is 0 Å². The third kappa shape index (κ3) is 3.81. The molecule has 0 unspecified atom stereocenters. The lowest BCUT2D eigenvalue weighted by molar-refractivity contribution is -0.149. The summed E-state index contributed by atoms with van der Waals surface area (Å²) in [5.74, 6) is 0.0754. The molecule has 3 heterocycles. The molecule has 0 aromatic heterocycles. The molecule has 0 bridgehead atoms. The van der Waals surface area contributed by atoms with Crippen LogP contribution in [0, 0.1) is 5.92 Å². The predicted octanol–water partition coefficient (Wildman–Crippen LogP) is 2.91. The smallest absolute Gasteiger partial charge is 0.310 e. The fourth-order valence-electron chi connectivity index (χ4n) is 4.50. The molecule has 1 N–H and O–H groups in total. The Balaban J connectivity index is 1.48. The molecule has 0 saturated carbocycles. The Kier molecular flexibility index (Phi) is 4.62. The molecule has 6 nitrogen and oxygen atoms in total. The maximum Gasteiger partial charge on any atom is 0.310 e. The first kappa shape index (κ1) is 18.3. The van der Waals surface area contributed by atoms with Gasteiger partial charge in [-0.15, -0.1) is 0 Å². The van der Waals surface area contributed by atoms with Crippen molar-refractivity contribution in [2.45, 2.75) is 63.2 Å². The number of hydrogen-bond acceptors (Lipinski definition) is 5. The molecule has 2 fully saturated rings. The Morgan fingerprint density at radius 3 is 2.59 bits per heavy atom. The number of fused-ring (bicyclic) bond motifs is 1. The average Bonchev–Trinajstić information content (AvgIpc) is 2.87. The minimum Gasteiger partial charge on any atom is -0.487 e. The van der Waals surface area contributed by atoms with E-state index in [1.54, 1.807) is 0 Å². The normalized spacial score (nSPS) is 28.1. The van der Waals surface area contributed by atoms with Crippen LogP contribution in [0.3, 0.4) is 0 Å². The first-order valence-electron chi connectivity index (χ1n) is 9.74. The second kappa shape index (κ2) is 6.82. The zero-order chi connectivity index (χ0) is 19.1. The first-order valence-corrected chi connectivity index (χ1v) is 9.74. The number of rotatable bonds is 3. The van der Waals surface area contributed by atoms with Gasteiger partial charge in [-0.1, -0.05) is 18.2 Å². The van der Waals surface area contributed by atoms with Crippen molar-refractivity contribution in [3.05, 3.63) is 29.8 Å². The van der Waals surface area contributed by atoms with Gasteiger partial charge in [-0.2, -0.15) is 0 Å². The third-order valence-corrected chi connectivity index (χ3v) is 5.82. The molecule has 3 aliphatic heterocycles. The number of carbonyl (C=O) groups excluding carboxylic acids is 2. The van der Waals surface area contributed by atoms with Crippen molar-refractivity contribution in [3.8, 4) is 5.75 Å². The highest BCUT2D eigenvalue weighted by Gasteiger charge is 2.44. The predicted molar refractivity (Wildman–Crippen MR) is 98.2 cm³/mol. The van der Waals surface area contributed by atoms with Crippen LogP contribution in [-0.4, -0.2) is 36.3 Å². The minimum atomic E-state index is -0.487. The van der Waals surface area contributed by atoms with Gasteiger partial charge in [0.25, 0.3) is 0 Å². The first-order chi connectivity index (χ1) is 12.9. The number of amides is 1. The van der Waals surface area contributed by atoms with Crippen molar-refractivity contribution in [1.29, 1.82) is 0 Å². The number of para-hydroxylation sites is 1. The Bertz CT molecular complexity index is 738. The van der Waals surface area contributed by atoms with E-state index in [4.69, 9.17) is 14.2 Å². The van der Waals surface area contributed by atoms with Crippen LogP contribution in [-0.2, 0) is 19.1 Å². The summed E-state index contributed by atoms with van der Waals surface area (Å²) in [6.45, 7) is 5.11. The Morgan fingerprint density at radius 2 is 1.89 bits per heavy atom. The number of ether oxygens (including phenoxy) is 3. The Morgan fingerprint density at radius 1 is 1.15 bits per heavy atom. The SMILES string of the molecule is CC1(C)C[C@@H](CC(=O)N[C@H]2CC3(CCOCC3)Oc3ccccc32)C(=O)O1. The lowest BCUT2D eigenvalue weighted by Crippen LogP contribution is -2.48. The molecule has 1 aromatic rings. The third-order valence-electron chi connectivity index (χ3n) is 5.82. The lowest BCUT2D eigenvalue weighted by atomic mass is 9.82. The van der Waals surface area contributed by atoms with Gasteiger partial charge in [-0.3, -0.25) is 9.59 Å². The van der Waals surface area contributed by atoms with E-state index < -0.39 is 5.60 Å². The lowest BCUT2D eigenvalue weighted by Gasteiger charge is -2.44. The highest BCUT2D eigenvalue weighted by Crippen LogP contribution is 2.44. The number of carbonyl (C=O) groups is 2. The van der Waals surface area contributed by atoms with Crippen LogP contribution in [0.2, 0.25) is 0 Å². The Labute approximate surface area is 159 Å². The summed E-state index contributed by atoms with van der Waals surface area (Å²) in [6, 6.07) is 7.75. The van der Waals surface area contributed by atoms with Crippen molar-refractivity contribution in [2.24, 2.45) is 5.92 Å². The van der Waals surface area contributed by atoms with Crippen molar-refractivity contribution >= 4 is 11.9 Å². The zero-order valence-corrected chi connectivity index (χ0v) is 16.0. The summed E-state index contributed by atoms with van der Waals surface area (Å²) in [4.78, 5) is 24.7. The average molecular weight is 373 g/mol. The molecule has 1 amide bonds. The van der Waals surface area contributed by atoms with Gasteiger partial charge in [0.2, 0.25) is 5.91 Å². The molecule has 2 atom stereocenters. The van der Waals surface area contributed by atoms with Gasteiger partial charge in [-0.05, 0) is 19.9 Å². The van der Waals surface area contributed by atoms with E-state index in [1.165, 1.54) is 0 Å². The molecular weight excluding hydrogens is 346 g/mol. The second-order valence-electron chi connectivity index (χ2n) is 8.55. The van der Waals surface area contributed by atoms with E-state index in [2.05, 4.69) is 5.32 Å². The standard InChI is InChI=1S/C21H27NO5/c1-20(2)12-14(19(24)27-20)11-18(23)22-16-13-21(7-9-25-10-8-21)26-17-6-4-3-5-15(16)17/h3-6,14,16H,7-13H2,1-2H3,(H,22,23)/t14-,16+/m1/s1. The largest absolute Gasteiger partial charge is 0.487 e. The summed E-state index contributed by atoms with van der Waals surface area (Å²) < 4.78 is 17.2. The minimum absolute atomic E-state index is 0.112. The van der Waals surface area contributed by atoms with Crippen LogP contribution in [0.15, 0.2) is 24.3 Å². The fourth-order valence-corrected chi connectivity index (χ4v) is 4.50. The highest BCUT2D eigenvalue weighted by molar-refractivity contribution is 5.84. The van der Waals surface area contributed by atoms with Gasteiger partial charge < -0.3 is 19.5 Å². The van der Waals surface area contributed by atoms with E-state index in [9.17, 15) is 9.59 Å². The van der Waals surface area contributed by atoms with Crippen molar-refractivity contribution in [3.63, 3.8) is 0 Å². The van der Waals surface area contributed by atoms with Crippen LogP contribution < -0.4 is 10.1 Å². The summed E-state index contributed by atoms with van der Waals surface area (Å²) in [5, 5.41) is 3.15. The molecule has 0 radical (unpaired) electrons. The fraction of sp³-hybridized carbons (Fsp3) is 0.619. The second-order valence-corrected chi connectivity index (χ2v) is 8.55. The molecule has 27 heavy (non-hydrogen) atoms. The number of benzene rings is 1. The quantitative estimate of drug-likeness (QED) is 0.825. The van der Waals surface area contributed by atoms with E-state index in [0.717, 1.165) is 30.6 Å². The van der Waals surface area contributed by atoms with Gasteiger partial charge >= 0.3 is 5.97 Å². The Hall–Kier alpha value is -2.08. The summed E-state index contributed by atoms with van der Waals surface area (Å²) in [6.07, 6.45) is 3.09. The van der Waals surface area contributed by atoms with Crippen molar-refractivity contribution in [1.82, 2.24) is 5.32 Å². The molecule has 3 aliphatic rings. The van der Waals surface area contributed by atoms with Gasteiger partial charge in [0, 0.05) is 37.7 Å².